The fourth-order valence-corrected chi connectivity index (χ4v) is 3.01. The quantitative estimate of drug-likeness (QED) is 0.806. The van der Waals surface area contributed by atoms with E-state index in [9.17, 15) is 18.0 Å². The number of hydrogen-bond donors (Lipinski definition) is 2. The SMILES string of the molecule is O=C(Nc1cc(C(F)(F)F)no1)NC1CCN(Cc2ccc(Cl)cc2)CC1. The molecule has 0 aliphatic carbocycles. The lowest BCUT2D eigenvalue weighted by Crippen LogP contribution is -2.45. The molecule has 3 rings (SSSR count). The Morgan fingerprint density at radius 2 is 1.93 bits per heavy atom. The molecule has 6 nitrogen and oxygen atoms in total. The number of likely N-dealkylation sites (tertiary alicyclic amines) is 1. The summed E-state index contributed by atoms with van der Waals surface area (Å²) in [7, 11) is 0. The number of nitrogens with zero attached hydrogens (tertiary/aromatic N) is 2. The van der Waals surface area contributed by atoms with Crippen LogP contribution in [0.2, 0.25) is 5.02 Å². The summed E-state index contributed by atoms with van der Waals surface area (Å²) < 4.78 is 41.9. The number of halogens is 4. The van der Waals surface area contributed by atoms with Gasteiger partial charge in [0.15, 0.2) is 5.69 Å². The van der Waals surface area contributed by atoms with Crippen LogP contribution in [0.4, 0.5) is 23.8 Å². The molecule has 0 saturated carbocycles. The zero-order valence-corrected chi connectivity index (χ0v) is 15.0. The monoisotopic (exact) mass is 402 g/mol. The maximum Gasteiger partial charge on any atom is 0.436 e. The Bertz CT molecular complexity index is 771. The maximum absolute atomic E-state index is 12.5. The van der Waals surface area contributed by atoms with E-state index in [-0.39, 0.29) is 11.9 Å². The van der Waals surface area contributed by atoms with E-state index >= 15 is 0 Å². The third-order valence-corrected chi connectivity index (χ3v) is 4.53. The molecule has 2 aromatic rings. The van der Waals surface area contributed by atoms with Gasteiger partial charge in [-0.05, 0) is 30.5 Å². The molecule has 10 heteroatoms. The van der Waals surface area contributed by atoms with Crippen LogP contribution >= 0.6 is 11.6 Å². The van der Waals surface area contributed by atoms with Crippen molar-refractivity contribution >= 4 is 23.5 Å². The Hall–Kier alpha value is -2.26. The lowest BCUT2D eigenvalue weighted by Gasteiger charge is -2.32. The van der Waals surface area contributed by atoms with Gasteiger partial charge in [0.05, 0.1) is 0 Å². The van der Waals surface area contributed by atoms with Gasteiger partial charge >= 0.3 is 12.2 Å². The first kappa shape index (κ1) is 19.5. The molecular weight excluding hydrogens is 385 g/mol. The van der Waals surface area contributed by atoms with E-state index in [1.165, 1.54) is 0 Å². The number of piperidine rings is 1. The van der Waals surface area contributed by atoms with Gasteiger partial charge in [-0.1, -0.05) is 28.9 Å². The lowest BCUT2D eigenvalue weighted by atomic mass is 10.0. The molecule has 27 heavy (non-hydrogen) atoms. The standard InChI is InChI=1S/C17H18ClF3N4O2/c18-12-3-1-11(2-4-12)10-25-7-5-13(6-8-25)22-16(26)23-15-9-14(24-27-15)17(19,20)21/h1-4,9,13H,5-8,10H2,(H2,22,23,26). The minimum absolute atomic E-state index is 0.0588. The molecule has 0 unspecified atom stereocenters. The predicted molar refractivity (Wildman–Crippen MR) is 93.4 cm³/mol. The average Bonchev–Trinajstić information content (AvgIpc) is 3.07. The van der Waals surface area contributed by atoms with Gasteiger partial charge in [-0.25, -0.2) is 4.79 Å². The summed E-state index contributed by atoms with van der Waals surface area (Å²) in [6, 6.07) is 7.63. The summed E-state index contributed by atoms with van der Waals surface area (Å²) in [6.45, 7) is 2.40. The average molecular weight is 403 g/mol. The zero-order valence-electron chi connectivity index (χ0n) is 14.2. The van der Waals surface area contributed by atoms with Crippen molar-refractivity contribution in [1.29, 1.82) is 0 Å². The van der Waals surface area contributed by atoms with Gasteiger partial charge in [0.2, 0.25) is 5.88 Å². The van der Waals surface area contributed by atoms with Crippen molar-refractivity contribution in [1.82, 2.24) is 15.4 Å². The van der Waals surface area contributed by atoms with Gasteiger partial charge < -0.3 is 9.84 Å². The van der Waals surface area contributed by atoms with Crippen LogP contribution in [0, 0.1) is 0 Å². The molecule has 0 radical (unpaired) electrons. The van der Waals surface area contributed by atoms with E-state index in [4.69, 9.17) is 11.6 Å². The first-order chi connectivity index (χ1) is 12.8. The number of nitrogens with one attached hydrogen (secondary N) is 2. The van der Waals surface area contributed by atoms with Crippen LogP contribution in [-0.4, -0.2) is 35.2 Å². The Morgan fingerprint density at radius 3 is 2.52 bits per heavy atom. The van der Waals surface area contributed by atoms with Crippen LogP contribution in [0.3, 0.4) is 0 Å². The number of urea groups is 1. The minimum atomic E-state index is -4.61. The summed E-state index contributed by atoms with van der Waals surface area (Å²) in [5.74, 6) is -0.347. The fraction of sp³-hybridized carbons (Fsp3) is 0.412. The molecule has 1 aromatic heterocycles. The second-order valence-corrected chi connectivity index (χ2v) is 6.79. The molecule has 0 atom stereocenters. The molecule has 1 aromatic carbocycles. The Kier molecular flexibility index (Phi) is 5.91. The van der Waals surface area contributed by atoms with Crippen molar-refractivity contribution in [2.45, 2.75) is 31.6 Å². The molecule has 1 aliphatic heterocycles. The molecule has 0 bridgehead atoms. The highest BCUT2D eigenvalue weighted by Crippen LogP contribution is 2.29. The summed E-state index contributed by atoms with van der Waals surface area (Å²) in [6.07, 6.45) is -3.13. The van der Waals surface area contributed by atoms with Crippen LogP contribution in [-0.2, 0) is 12.7 Å². The third kappa shape index (κ3) is 5.61. The first-order valence-corrected chi connectivity index (χ1v) is 8.75. The highest BCUT2D eigenvalue weighted by atomic mass is 35.5. The van der Waals surface area contributed by atoms with Gasteiger partial charge in [-0.2, -0.15) is 13.2 Å². The van der Waals surface area contributed by atoms with Crippen molar-refractivity contribution in [3.05, 3.63) is 46.6 Å². The van der Waals surface area contributed by atoms with E-state index in [2.05, 4.69) is 25.2 Å². The molecule has 1 saturated heterocycles. The van der Waals surface area contributed by atoms with Crippen molar-refractivity contribution < 1.29 is 22.5 Å². The van der Waals surface area contributed by atoms with Crippen molar-refractivity contribution in [3.63, 3.8) is 0 Å². The Balaban J connectivity index is 1.42. The summed E-state index contributed by atoms with van der Waals surface area (Å²) in [5, 5.41) is 8.56. The highest BCUT2D eigenvalue weighted by Gasteiger charge is 2.35. The number of aromatic nitrogens is 1. The van der Waals surface area contributed by atoms with E-state index < -0.39 is 17.9 Å². The largest absolute Gasteiger partial charge is 0.436 e. The number of carbonyl (C=O) groups excluding carboxylic acids is 1. The van der Waals surface area contributed by atoms with Gasteiger partial charge in [0, 0.05) is 36.8 Å². The topological polar surface area (TPSA) is 70.4 Å². The van der Waals surface area contributed by atoms with Crippen molar-refractivity contribution in [2.75, 3.05) is 18.4 Å². The molecule has 2 N–H and O–H groups in total. The van der Waals surface area contributed by atoms with Crippen LogP contribution < -0.4 is 10.6 Å². The molecule has 0 spiro atoms. The molecule has 1 fully saturated rings. The first-order valence-electron chi connectivity index (χ1n) is 8.38. The molecule has 146 valence electrons. The Labute approximate surface area is 158 Å². The smallest absolute Gasteiger partial charge is 0.338 e. The van der Waals surface area contributed by atoms with Gasteiger partial charge in [-0.15, -0.1) is 0 Å². The number of alkyl halides is 3. The normalized spacial score (nSPS) is 16.3. The lowest BCUT2D eigenvalue weighted by molar-refractivity contribution is -0.142. The highest BCUT2D eigenvalue weighted by molar-refractivity contribution is 6.30. The molecular formula is C17H18ClF3N4O2. The summed E-state index contributed by atoms with van der Waals surface area (Å²) >= 11 is 5.88. The minimum Gasteiger partial charge on any atom is -0.338 e. The number of amides is 2. The number of benzene rings is 1. The van der Waals surface area contributed by atoms with Gasteiger partial charge in [0.1, 0.15) is 0 Å². The predicted octanol–water partition coefficient (Wildman–Crippen LogP) is 4.13. The Morgan fingerprint density at radius 1 is 1.26 bits per heavy atom. The van der Waals surface area contributed by atoms with E-state index in [1.807, 2.05) is 24.3 Å². The molecule has 2 heterocycles. The van der Waals surface area contributed by atoms with Gasteiger partial charge in [0.25, 0.3) is 0 Å². The second-order valence-electron chi connectivity index (χ2n) is 6.35. The molecule has 1 aliphatic rings. The number of rotatable bonds is 4. The van der Waals surface area contributed by atoms with E-state index in [1.54, 1.807) is 0 Å². The van der Waals surface area contributed by atoms with Crippen LogP contribution in [0.25, 0.3) is 0 Å². The van der Waals surface area contributed by atoms with Crippen molar-refractivity contribution in [2.24, 2.45) is 0 Å². The third-order valence-electron chi connectivity index (χ3n) is 4.28. The van der Waals surface area contributed by atoms with Crippen LogP contribution in [0.15, 0.2) is 34.9 Å². The number of carbonyl (C=O) groups is 1. The summed E-state index contributed by atoms with van der Waals surface area (Å²) in [4.78, 5) is 14.2. The maximum atomic E-state index is 12.5. The number of anilines is 1. The van der Waals surface area contributed by atoms with Gasteiger partial charge in [-0.3, -0.25) is 10.2 Å². The zero-order chi connectivity index (χ0) is 19.4. The van der Waals surface area contributed by atoms with Crippen LogP contribution in [0.1, 0.15) is 24.1 Å². The van der Waals surface area contributed by atoms with Crippen LogP contribution in [0.5, 0.6) is 0 Å². The number of hydrogen-bond acceptors (Lipinski definition) is 4. The molecule has 2 amide bonds. The van der Waals surface area contributed by atoms with E-state index in [0.717, 1.165) is 38.0 Å². The fourth-order valence-electron chi connectivity index (χ4n) is 2.88. The van der Waals surface area contributed by atoms with E-state index in [0.29, 0.717) is 11.1 Å². The van der Waals surface area contributed by atoms with Crippen molar-refractivity contribution in [3.8, 4) is 0 Å². The summed E-state index contributed by atoms with van der Waals surface area (Å²) in [5.41, 5.74) is -0.0253. The second kappa shape index (κ2) is 8.18.